The van der Waals surface area contributed by atoms with Crippen molar-refractivity contribution in [3.8, 4) is 0 Å². The molecule has 0 aromatic carbocycles. The summed E-state index contributed by atoms with van der Waals surface area (Å²) in [4.78, 5) is 4.12. The first-order chi connectivity index (χ1) is 7.46. The molecule has 90 valence electrons. The molecule has 1 fully saturated rings. The Bertz CT molecular complexity index is 466. The zero-order chi connectivity index (χ0) is 11.8. The second-order valence-electron chi connectivity index (χ2n) is 4.31. The first kappa shape index (κ1) is 11.5. The molecule has 1 aromatic heterocycles. The van der Waals surface area contributed by atoms with Crippen molar-refractivity contribution in [2.45, 2.75) is 25.8 Å². The average Bonchev–Trinajstić information content (AvgIpc) is 2.73. The molecular formula is C9H15N3O3S. The number of rotatable bonds is 3. The predicted octanol–water partition coefficient (Wildman–Crippen LogP) is 0.0665. The Morgan fingerprint density at radius 3 is 2.88 bits per heavy atom. The lowest BCUT2D eigenvalue weighted by molar-refractivity contribution is 0.353. The molecular weight excluding hydrogens is 230 g/mol. The maximum Gasteiger partial charge on any atom is 0.227 e. The van der Waals surface area contributed by atoms with Crippen LogP contribution >= 0.6 is 0 Å². The Balaban J connectivity index is 2.00. The lowest BCUT2D eigenvalue weighted by Gasteiger charge is -2.01. The zero-order valence-corrected chi connectivity index (χ0v) is 9.90. The Kier molecular flexibility index (Phi) is 2.98. The van der Waals surface area contributed by atoms with E-state index in [9.17, 15) is 8.42 Å². The van der Waals surface area contributed by atoms with Crippen molar-refractivity contribution in [2.24, 2.45) is 11.7 Å². The van der Waals surface area contributed by atoms with Crippen LogP contribution in [0, 0.1) is 5.92 Å². The summed E-state index contributed by atoms with van der Waals surface area (Å²) in [5.74, 6) is 1.55. The van der Waals surface area contributed by atoms with E-state index in [2.05, 4.69) is 10.1 Å². The third kappa shape index (κ3) is 2.59. The van der Waals surface area contributed by atoms with Crippen LogP contribution in [-0.2, 0) is 16.3 Å². The molecule has 16 heavy (non-hydrogen) atoms. The summed E-state index contributed by atoms with van der Waals surface area (Å²) in [6.45, 7) is 1.77. The molecule has 2 atom stereocenters. The van der Waals surface area contributed by atoms with E-state index in [1.807, 2.05) is 0 Å². The average molecular weight is 245 g/mol. The fourth-order valence-corrected chi connectivity index (χ4v) is 3.68. The van der Waals surface area contributed by atoms with Gasteiger partial charge in [0.15, 0.2) is 15.7 Å². The number of hydrogen-bond acceptors (Lipinski definition) is 6. The topological polar surface area (TPSA) is 99.1 Å². The van der Waals surface area contributed by atoms with E-state index in [0.717, 1.165) is 0 Å². The van der Waals surface area contributed by atoms with Crippen molar-refractivity contribution in [3.63, 3.8) is 0 Å². The van der Waals surface area contributed by atoms with Gasteiger partial charge in [-0.05, 0) is 19.3 Å². The summed E-state index contributed by atoms with van der Waals surface area (Å²) >= 11 is 0. The van der Waals surface area contributed by atoms with Crippen molar-refractivity contribution in [3.05, 3.63) is 11.7 Å². The van der Waals surface area contributed by atoms with E-state index < -0.39 is 9.84 Å². The van der Waals surface area contributed by atoms with Gasteiger partial charge in [0.1, 0.15) is 0 Å². The van der Waals surface area contributed by atoms with Crippen LogP contribution < -0.4 is 5.73 Å². The van der Waals surface area contributed by atoms with Crippen molar-refractivity contribution < 1.29 is 12.9 Å². The Labute approximate surface area is 94.1 Å². The Hall–Kier alpha value is -0.950. The molecule has 2 heterocycles. The van der Waals surface area contributed by atoms with Crippen molar-refractivity contribution >= 4 is 9.84 Å². The van der Waals surface area contributed by atoms with Crippen molar-refractivity contribution in [2.75, 3.05) is 11.5 Å². The SMILES string of the molecule is CC(N)c1noc(CC2CCS(=O)(=O)C2)n1. The number of nitrogens with two attached hydrogens (primary N) is 1. The minimum Gasteiger partial charge on any atom is -0.339 e. The predicted molar refractivity (Wildman–Crippen MR) is 57.4 cm³/mol. The molecule has 0 saturated carbocycles. The fourth-order valence-electron chi connectivity index (χ4n) is 1.82. The standard InChI is InChI=1S/C9H15N3O3S/c1-6(10)9-11-8(15-12-9)4-7-2-3-16(13,14)5-7/h6-7H,2-5,10H2,1H3. The van der Waals surface area contributed by atoms with Crippen molar-refractivity contribution in [1.29, 1.82) is 0 Å². The molecule has 1 saturated heterocycles. The van der Waals surface area contributed by atoms with Crippen molar-refractivity contribution in [1.82, 2.24) is 10.1 Å². The van der Waals surface area contributed by atoms with Gasteiger partial charge in [0.2, 0.25) is 5.89 Å². The van der Waals surface area contributed by atoms with Gasteiger partial charge in [-0.1, -0.05) is 5.16 Å². The molecule has 1 aromatic rings. The molecule has 0 spiro atoms. The van der Waals surface area contributed by atoms with Crippen LogP contribution in [0.4, 0.5) is 0 Å². The molecule has 1 aliphatic heterocycles. The van der Waals surface area contributed by atoms with E-state index >= 15 is 0 Å². The van der Waals surface area contributed by atoms with Crippen LogP contribution in [0.5, 0.6) is 0 Å². The summed E-state index contributed by atoms with van der Waals surface area (Å²) < 4.78 is 27.5. The molecule has 0 radical (unpaired) electrons. The van der Waals surface area contributed by atoms with Gasteiger partial charge in [-0.25, -0.2) is 8.42 Å². The van der Waals surface area contributed by atoms with E-state index in [1.165, 1.54) is 0 Å². The zero-order valence-electron chi connectivity index (χ0n) is 9.09. The molecule has 0 bridgehead atoms. The second-order valence-corrected chi connectivity index (χ2v) is 6.54. The molecule has 7 heteroatoms. The van der Waals surface area contributed by atoms with Gasteiger partial charge in [0, 0.05) is 6.42 Å². The summed E-state index contributed by atoms with van der Waals surface area (Å²) in [6, 6.07) is -0.259. The van der Waals surface area contributed by atoms with Gasteiger partial charge in [-0.2, -0.15) is 4.98 Å². The maximum absolute atomic E-state index is 11.3. The van der Waals surface area contributed by atoms with Crippen LogP contribution in [0.25, 0.3) is 0 Å². The largest absolute Gasteiger partial charge is 0.339 e. The third-order valence-corrected chi connectivity index (χ3v) is 4.52. The molecule has 1 aliphatic rings. The smallest absolute Gasteiger partial charge is 0.227 e. The third-order valence-electron chi connectivity index (χ3n) is 2.68. The molecule has 0 amide bonds. The summed E-state index contributed by atoms with van der Waals surface area (Å²) in [5.41, 5.74) is 5.60. The van der Waals surface area contributed by atoms with E-state index in [0.29, 0.717) is 24.6 Å². The normalized spacial score (nSPS) is 25.8. The highest BCUT2D eigenvalue weighted by atomic mass is 32.2. The van der Waals surface area contributed by atoms with Crippen LogP contribution in [-0.4, -0.2) is 30.1 Å². The first-order valence-electron chi connectivity index (χ1n) is 5.25. The minimum absolute atomic E-state index is 0.103. The van der Waals surface area contributed by atoms with Gasteiger partial charge in [-0.3, -0.25) is 0 Å². The highest BCUT2D eigenvalue weighted by Gasteiger charge is 2.29. The van der Waals surface area contributed by atoms with Gasteiger partial charge < -0.3 is 10.3 Å². The second kappa shape index (κ2) is 4.14. The van der Waals surface area contributed by atoms with Crippen LogP contribution in [0.2, 0.25) is 0 Å². The van der Waals surface area contributed by atoms with Crippen LogP contribution in [0.3, 0.4) is 0 Å². The quantitative estimate of drug-likeness (QED) is 0.808. The molecule has 6 nitrogen and oxygen atoms in total. The van der Waals surface area contributed by atoms with E-state index in [-0.39, 0.29) is 23.5 Å². The maximum atomic E-state index is 11.3. The summed E-state index contributed by atoms with van der Waals surface area (Å²) in [7, 11) is -2.84. The summed E-state index contributed by atoms with van der Waals surface area (Å²) in [5, 5.41) is 3.73. The molecule has 2 N–H and O–H groups in total. The molecule has 0 aliphatic carbocycles. The number of hydrogen-bond donors (Lipinski definition) is 1. The van der Waals surface area contributed by atoms with Gasteiger partial charge in [-0.15, -0.1) is 0 Å². The Morgan fingerprint density at radius 2 is 2.38 bits per heavy atom. The molecule has 2 unspecified atom stereocenters. The summed E-state index contributed by atoms with van der Waals surface area (Å²) in [6.07, 6.45) is 1.21. The van der Waals surface area contributed by atoms with E-state index in [1.54, 1.807) is 6.92 Å². The van der Waals surface area contributed by atoms with Gasteiger partial charge in [0.05, 0.1) is 17.5 Å². The molecule has 2 rings (SSSR count). The van der Waals surface area contributed by atoms with Crippen LogP contribution in [0.15, 0.2) is 4.52 Å². The van der Waals surface area contributed by atoms with Gasteiger partial charge in [0.25, 0.3) is 0 Å². The van der Waals surface area contributed by atoms with Gasteiger partial charge >= 0.3 is 0 Å². The lowest BCUT2D eigenvalue weighted by Crippen LogP contribution is -2.09. The lowest BCUT2D eigenvalue weighted by atomic mass is 10.1. The first-order valence-corrected chi connectivity index (χ1v) is 7.07. The van der Waals surface area contributed by atoms with E-state index in [4.69, 9.17) is 10.3 Å². The number of aromatic nitrogens is 2. The highest BCUT2D eigenvalue weighted by molar-refractivity contribution is 7.91. The fraction of sp³-hybridized carbons (Fsp3) is 0.778. The monoisotopic (exact) mass is 245 g/mol. The van der Waals surface area contributed by atoms with Crippen LogP contribution in [0.1, 0.15) is 31.1 Å². The Morgan fingerprint density at radius 1 is 1.62 bits per heavy atom. The number of nitrogens with zero attached hydrogens (tertiary/aromatic N) is 2. The highest BCUT2D eigenvalue weighted by Crippen LogP contribution is 2.22. The minimum atomic E-state index is -2.84. The number of sulfone groups is 1.